The van der Waals surface area contributed by atoms with Crippen molar-refractivity contribution >= 4 is 11.8 Å². The Kier molecular flexibility index (Phi) is 4.33. The number of ether oxygens (including phenoxy) is 1. The summed E-state index contributed by atoms with van der Waals surface area (Å²) in [6, 6.07) is 2.83. The number of phenols is 2. The highest BCUT2D eigenvalue weighted by molar-refractivity contribution is 8.00. The van der Waals surface area contributed by atoms with Gasteiger partial charge in [0.2, 0.25) is 5.75 Å². The fraction of sp³-hybridized carbons (Fsp3) is 0.200. The standard InChI is InChI=1S/C15H8F4N2O4S/c16-14(17)7-8-12(26-15(18,19)13(8)24)10(23)9(22)11(7)25-6-1-5(2-20)3-21-4-6/h1,3-4,13-14,22-24H. The molecule has 0 fully saturated rings. The van der Waals surface area contributed by atoms with Gasteiger partial charge in [0.1, 0.15) is 11.8 Å². The van der Waals surface area contributed by atoms with Crippen molar-refractivity contribution in [3.63, 3.8) is 0 Å². The van der Waals surface area contributed by atoms with Gasteiger partial charge < -0.3 is 20.1 Å². The number of halogens is 4. The average Bonchev–Trinajstić information content (AvgIpc) is 2.83. The molecule has 11 heteroatoms. The molecule has 1 aromatic heterocycles. The molecular weight excluding hydrogens is 380 g/mol. The molecule has 0 radical (unpaired) electrons. The van der Waals surface area contributed by atoms with E-state index in [1.165, 1.54) is 0 Å². The van der Waals surface area contributed by atoms with Crippen molar-refractivity contribution in [1.82, 2.24) is 4.98 Å². The van der Waals surface area contributed by atoms with Crippen LogP contribution in [0.15, 0.2) is 23.4 Å². The first-order chi connectivity index (χ1) is 12.2. The van der Waals surface area contributed by atoms with E-state index in [0.29, 0.717) is 0 Å². The maximum atomic E-state index is 13.7. The number of aliphatic hydroxyl groups excluding tert-OH is 1. The Morgan fingerprint density at radius 3 is 2.58 bits per heavy atom. The highest BCUT2D eigenvalue weighted by Crippen LogP contribution is 2.63. The number of thioether (sulfide) groups is 1. The number of aromatic hydroxyl groups is 2. The summed E-state index contributed by atoms with van der Waals surface area (Å²) < 4.78 is 59.7. The number of nitrogens with zero attached hydrogens (tertiary/aromatic N) is 2. The summed E-state index contributed by atoms with van der Waals surface area (Å²) >= 11 is -0.343. The summed E-state index contributed by atoms with van der Waals surface area (Å²) in [7, 11) is 0. The molecule has 2 heterocycles. The second-order valence-electron chi connectivity index (χ2n) is 5.17. The summed E-state index contributed by atoms with van der Waals surface area (Å²) in [5.41, 5.74) is -2.10. The summed E-state index contributed by atoms with van der Waals surface area (Å²) in [5, 5.41) is 34.6. The second-order valence-corrected chi connectivity index (χ2v) is 6.33. The Hall–Kier alpha value is -2.71. The highest BCUT2D eigenvalue weighted by atomic mass is 32.2. The molecule has 0 saturated heterocycles. The molecule has 3 rings (SSSR count). The molecule has 1 aliphatic heterocycles. The molecule has 2 aromatic rings. The monoisotopic (exact) mass is 388 g/mol. The van der Waals surface area contributed by atoms with Crippen LogP contribution in [0.25, 0.3) is 0 Å². The van der Waals surface area contributed by atoms with E-state index in [9.17, 15) is 32.9 Å². The fourth-order valence-corrected chi connectivity index (χ4v) is 3.45. The Morgan fingerprint density at radius 1 is 1.27 bits per heavy atom. The number of benzene rings is 1. The highest BCUT2D eigenvalue weighted by Gasteiger charge is 2.53. The predicted molar refractivity (Wildman–Crippen MR) is 79.5 cm³/mol. The third-order valence-electron chi connectivity index (χ3n) is 3.54. The molecule has 0 bridgehead atoms. The number of aliphatic hydroxyl groups is 1. The minimum Gasteiger partial charge on any atom is -0.503 e. The first kappa shape index (κ1) is 18.1. The van der Waals surface area contributed by atoms with Crippen molar-refractivity contribution in [2.75, 3.05) is 0 Å². The quantitative estimate of drug-likeness (QED) is 0.542. The van der Waals surface area contributed by atoms with Crippen molar-refractivity contribution < 1.29 is 37.6 Å². The molecular formula is C15H8F4N2O4S. The van der Waals surface area contributed by atoms with Crippen molar-refractivity contribution in [3.8, 4) is 29.1 Å². The summed E-state index contributed by atoms with van der Waals surface area (Å²) in [4.78, 5) is 2.88. The van der Waals surface area contributed by atoms with Gasteiger partial charge in [-0.05, 0) is 11.8 Å². The van der Waals surface area contributed by atoms with Gasteiger partial charge in [0.15, 0.2) is 17.6 Å². The SMILES string of the molecule is N#Cc1cncc(Oc2c(O)c(O)c3c(c2C(F)F)C(O)C(F)(F)S3)c1. The Labute approximate surface area is 147 Å². The number of hydrogen-bond acceptors (Lipinski definition) is 7. The van der Waals surface area contributed by atoms with Gasteiger partial charge in [-0.25, -0.2) is 8.78 Å². The molecule has 0 amide bonds. The van der Waals surface area contributed by atoms with E-state index >= 15 is 0 Å². The third kappa shape index (κ3) is 2.77. The lowest BCUT2D eigenvalue weighted by Crippen LogP contribution is -2.17. The Morgan fingerprint density at radius 2 is 1.96 bits per heavy atom. The van der Waals surface area contributed by atoms with Crippen LogP contribution < -0.4 is 4.74 Å². The number of rotatable bonds is 3. The van der Waals surface area contributed by atoms with Crippen LogP contribution in [0.1, 0.15) is 29.2 Å². The van der Waals surface area contributed by atoms with E-state index in [2.05, 4.69) is 4.98 Å². The van der Waals surface area contributed by atoms with E-state index in [4.69, 9.17) is 10.00 Å². The van der Waals surface area contributed by atoms with E-state index in [1.54, 1.807) is 6.07 Å². The number of phenolic OH excluding ortho intramolecular Hbond substituents is 2. The van der Waals surface area contributed by atoms with Crippen LogP contribution in [-0.2, 0) is 0 Å². The molecule has 1 aromatic carbocycles. The number of pyridine rings is 1. The zero-order chi connectivity index (χ0) is 19.2. The molecule has 0 aliphatic carbocycles. The first-order valence-corrected chi connectivity index (χ1v) is 7.66. The number of fused-ring (bicyclic) bond motifs is 1. The van der Waals surface area contributed by atoms with Crippen LogP contribution >= 0.6 is 11.8 Å². The lowest BCUT2D eigenvalue weighted by molar-refractivity contribution is -0.0328. The molecule has 3 N–H and O–H groups in total. The maximum Gasteiger partial charge on any atom is 0.327 e. The normalized spacial score (nSPS) is 17.8. The zero-order valence-electron chi connectivity index (χ0n) is 12.5. The van der Waals surface area contributed by atoms with Crippen molar-refractivity contribution in [2.24, 2.45) is 0 Å². The minimum absolute atomic E-state index is 0.00749. The third-order valence-corrected chi connectivity index (χ3v) is 4.66. The van der Waals surface area contributed by atoms with Gasteiger partial charge in [-0.15, -0.1) is 0 Å². The topological polar surface area (TPSA) is 107 Å². The van der Waals surface area contributed by atoms with Crippen LogP contribution in [0.2, 0.25) is 0 Å². The number of alkyl halides is 4. The number of aromatic nitrogens is 1. The van der Waals surface area contributed by atoms with E-state index in [0.717, 1.165) is 18.5 Å². The van der Waals surface area contributed by atoms with Crippen LogP contribution in [0.4, 0.5) is 17.6 Å². The molecule has 26 heavy (non-hydrogen) atoms. The van der Waals surface area contributed by atoms with Crippen molar-refractivity contribution in [3.05, 3.63) is 35.2 Å². The van der Waals surface area contributed by atoms with Crippen LogP contribution in [0.3, 0.4) is 0 Å². The molecule has 0 spiro atoms. The molecule has 1 unspecified atom stereocenters. The predicted octanol–water partition coefficient (Wildman–Crippen LogP) is 3.83. The molecule has 1 aliphatic rings. The number of nitriles is 1. The van der Waals surface area contributed by atoms with Gasteiger partial charge in [-0.2, -0.15) is 14.0 Å². The average molecular weight is 388 g/mol. The van der Waals surface area contributed by atoms with Gasteiger partial charge in [-0.3, -0.25) is 4.98 Å². The Bertz CT molecular complexity index is 933. The summed E-state index contributed by atoms with van der Waals surface area (Å²) in [6.07, 6.45) is -3.87. The maximum absolute atomic E-state index is 13.7. The van der Waals surface area contributed by atoms with Crippen LogP contribution in [0, 0.1) is 11.3 Å². The lowest BCUT2D eigenvalue weighted by atomic mass is 10.00. The van der Waals surface area contributed by atoms with Crippen LogP contribution in [0.5, 0.6) is 23.0 Å². The smallest absolute Gasteiger partial charge is 0.327 e. The van der Waals surface area contributed by atoms with Crippen LogP contribution in [-0.4, -0.2) is 25.6 Å². The molecule has 1 atom stereocenters. The molecule has 0 saturated carbocycles. The van der Waals surface area contributed by atoms with E-state index in [1.807, 2.05) is 0 Å². The minimum atomic E-state index is -3.88. The van der Waals surface area contributed by atoms with Gasteiger partial charge in [0.25, 0.3) is 6.43 Å². The molecule has 136 valence electrons. The molecule has 6 nitrogen and oxygen atoms in total. The van der Waals surface area contributed by atoms with Crippen molar-refractivity contribution in [2.45, 2.75) is 22.7 Å². The van der Waals surface area contributed by atoms with Gasteiger partial charge in [0.05, 0.1) is 22.2 Å². The van der Waals surface area contributed by atoms with E-state index < -0.39 is 51.1 Å². The van der Waals surface area contributed by atoms with Gasteiger partial charge in [-0.1, -0.05) is 0 Å². The second kappa shape index (κ2) is 6.22. The summed E-state index contributed by atoms with van der Waals surface area (Å²) in [5.74, 6) is -3.58. The van der Waals surface area contributed by atoms with Gasteiger partial charge in [0, 0.05) is 17.8 Å². The Balaban J connectivity index is 2.22. The first-order valence-electron chi connectivity index (χ1n) is 6.85. The lowest BCUT2D eigenvalue weighted by Gasteiger charge is -2.19. The van der Waals surface area contributed by atoms with Crippen molar-refractivity contribution in [1.29, 1.82) is 5.26 Å². The fourth-order valence-electron chi connectivity index (χ4n) is 2.42. The zero-order valence-corrected chi connectivity index (χ0v) is 13.3. The van der Waals surface area contributed by atoms with Gasteiger partial charge >= 0.3 is 5.25 Å². The largest absolute Gasteiger partial charge is 0.503 e. The summed E-state index contributed by atoms with van der Waals surface area (Å²) in [6.45, 7) is 0. The van der Waals surface area contributed by atoms with E-state index in [-0.39, 0.29) is 23.1 Å². The number of hydrogen-bond donors (Lipinski definition) is 3.